The molecule has 1 amide bonds. The Hall–Kier alpha value is -1.17. The first-order chi connectivity index (χ1) is 3.27. The Morgan fingerprint density at radius 1 is 2.00 bits per heavy atom. The Kier molecular flexibility index (Phi) is 2.53. The van der Waals surface area contributed by atoms with Gasteiger partial charge in [0, 0.05) is 0 Å². The van der Waals surface area contributed by atoms with E-state index in [4.69, 9.17) is 6.42 Å². The van der Waals surface area contributed by atoms with Crippen molar-refractivity contribution < 1.29 is 9.53 Å². The van der Waals surface area contributed by atoms with E-state index in [1.807, 2.05) is 0 Å². The molecule has 0 aliphatic heterocycles. The second kappa shape index (κ2) is 3.04. The van der Waals surface area contributed by atoms with Gasteiger partial charge in [-0.3, -0.25) is 0 Å². The molecule has 0 fully saturated rings. The normalized spacial score (nSPS) is 6.71. The summed E-state index contributed by atoms with van der Waals surface area (Å²) < 4.78 is 4.09. The van der Waals surface area contributed by atoms with Gasteiger partial charge in [-0.15, -0.1) is 6.42 Å². The molecular weight excluding hydrogens is 94.0 g/mol. The number of carbonyl (C=O) groups is 1. The molecule has 0 aliphatic rings. The molecule has 38 valence electrons. The largest absolute Gasteiger partial charge is 0.437 e. The van der Waals surface area contributed by atoms with Crippen LogP contribution in [-0.4, -0.2) is 12.7 Å². The zero-order valence-electron chi connectivity index (χ0n) is 3.68. The molecule has 0 aromatic heterocycles. The van der Waals surface area contributed by atoms with Crippen molar-refractivity contribution in [2.45, 2.75) is 0 Å². The molecule has 0 aliphatic carbocycles. The van der Waals surface area contributed by atoms with Crippen LogP contribution in [-0.2, 0) is 4.74 Å². The lowest BCUT2D eigenvalue weighted by Gasteiger charge is -1.88. The second-order valence-corrected chi connectivity index (χ2v) is 0.812. The molecule has 3 nitrogen and oxygen atoms in total. The van der Waals surface area contributed by atoms with Crippen LogP contribution in [0.1, 0.15) is 0 Å². The number of rotatable bonds is 1. The van der Waals surface area contributed by atoms with Crippen LogP contribution >= 0.6 is 0 Å². The number of nitrogens with two attached hydrogens (primary N) is 1. The molecule has 0 unspecified atom stereocenters. The van der Waals surface area contributed by atoms with E-state index in [0.717, 1.165) is 0 Å². The number of carbonyl (C=O) groups excluding carboxylic acids is 1. The van der Waals surface area contributed by atoms with Crippen molar-refractivity contribution >= 4 is 6.09 Å². The van der Waals surface area contributed by atoms with Crippen LogP contribution in [0.3, 0.4) is 0 Å². The van der Waals surface area contributed by atoms with Gasteiger partial charge in [0.2, 0.25) is 0 Å². The second-order valence-electron chi connectivity index (χ2n) is 0.812. The summed E-state index contributed by atoms with van der Waals surface area (Å²) in [6.07, 6.45) is 3.86. The van der Waals surface area contributed by atoms with Gasteiger partial charge in [0.15, 0.2) is 6.61 Å². The topological polar surface area (TPSA) is 52.3 Å². The van der Waals surface area contributed by atoms with E-state index in [1.54, 1.807) is 0 Å². The Bertz CT molecular complexity index is 103. The summed E-state index contributed by atoms with van der Waals surface area (Å²) >= 11 is 0. The third-order valence-corrected chi connectivity index (χ3v) is 0.298. The van der Waals surface area contributed by atoms with Crippen LogP contribution in [0.2, 0.25) is 0 Å². The van der Waals surface area contributed by atoms with Gasteiger partial charge in [-0.1, -0.05) is 5.92 Å². The molecular formula is C4H5NO2. The molecule has 0 atom stereocenters. The van der Waals surface area contributed by atoms with Gasteiger partial charge in [0.25, 0.3) is 0 Å². The molecule has 0 saturated heterocycles. The third kappa shape index (κ3) is 4.83. The summed E-state index contributed by atoms with van der Waals surface area (Å²) in [6.45, 7) is -0.0463. The predicted molar refractivity (Wildman–Crippen MR) is 24.4 cm³/mol. The van der Waals surface area contributed by atoms with Gasteiger partial charge in [-0.2, -0.15) is 0 Å². The molecule has 0 saturated carbocycles. The Morgan fingerprint density at radius 2 is 2.57 bits per heavy atom. The lowest BCUT2D eigenvalue weighted by molar-refractivity contribution is 0.171. The number of hydrogen-bond donors (Lipinski definition) is 1. The summed E-state index contributed by atoms with van der Waals surface area (Å²) in [4.78, 5) is 9.66. The molecule has 0 bridgehead atoms. The minimum absolute atomic E-state index is 0.0463. The fourth-order valence-corrected chi connectivity index (χ4v) is 0.113. The maximum absolute atomic E-state index is 9.66. The molecule has 0 rings (SSSR count). The van der Waals surface area contributed by atoms with E-state index < -0.39 is 6.09 Å². The van der Waals surface area contributed by atoms with Crippen LogP contribution in [0.5, 0.6) is 0 Å². The maximum Gasteiger partial charge on any atom is 0.405 e. The number of terminal acetylenes is 1. The minimum Gasteiger partial charge on any atom is -0.437 e. The number of hydrogen-bond acceptors (Lipinski definition) is 2. The highest BCUT2D eigenvalue weighted by Gasteiger charge is 1.84. The molecule has 0 aromatic carbocycles. The molecule has 7 heavy (non-hydrogen) atoms. The molecule has 3 heteroatoms. The number of amides is 1. The monoisotopic (exact) mass is 99.0 g/mol. The van der Waals surface area contributed by atoms with Gasteiger partial charge < -0.3 is 10.5 Å². The lowest BCUT2D eigenvalue weighted by atomic mass is 10.8. The van der Waals surface area contributed by atoms with Crippen molar-refractivity contribution in [2.75, 3.05) is 6.61 Å². The van der Waals surface area contributed by atoms with Crippen molar-refractivity contribution in [1.29, 1.82) is 0 Å². The average Bonchev–Trinajstić information content (AvgIpc) is 1.61. The van der Waals surface area contributed by atoms with E-state index >= 15 is 0 Å². The highest BCUT2D eigenvalue weighted by atomic mass is 16.5. The van der Waals surface area contributed by atoms with E-state index in [0.29, 0.717) is 0 Å². The van der Waals surface area contributed by atoms with Gasteiger partial charge >= 0.3 is 6.09 Å². The molecule has 2 N–H and O–H groups in total. The molecule has 0 radical (unpaired) electrons. The van der Waals surface area contributed by atoms with Crippen molar-refractivity contribution in [2.24, 2.45) is 5.73 Å². The van der Waals surface area contributed by atoms with Crippen LogP contribution in [0.4, 0.5) is 4.79 Å². The summed E-state index contributed by atoms with van der Waals surface area (Å²) in [5.41, 5.74) is 4.52. The Labute approximate surface area is 41.4 Å². The van der Waals surface area contributed by atoms with Crippen molar-refractivity contribution in [3.05, 3.63) is 0 Å². The van der Waals surface area contributed by atoms with E-state index in [-0.39, 0.29) is 6.61 Å². The number of ether oxygens (including phenoxy) is 1. The van der Waals surface area contributed by atoms with Crippen LogP contribution in [0.25, 0.3) is 0 Å². The first kappa shape index (κ1) is 5.83. The summed E-state index contributed by atoms with van der Waals surface area (Å²) in [5.74, 6) is 2.08. The first-order valence-corrected chi connectivity index (χ1v) is 1.63. The third-order valence-electron chi connectivity index (χ3n) is 0.298. The standard InChI is InChI=1S/C4H5NO2/c1-2-3-7-4(5)6/h1H,3H2,(H2,5,6). The lowest BCUT2D eigenvalue weighted by Crippen LogP contribution is -2.12. The fraction of sp³-hybridized carbons (Fsp3) is 0.250. The van der Waals surface area contributed by atoms with Crippen LogP contribution in [0.15, 0.2) is 0 Å². The minimum atomic E-state index is -0.835. The summed E-state index contributed by atoms with van der Waals surface area (Å²) in [5, 5.41) is 0. The molecule has 0 heterocycles. The summed E-state index contributed by atoms with van der Waals surface area (Å²) in [7, 11) is 0. The Morgan fingerprint density at radius 3 is 2.71 bits per heavy atom. The SMILES string of the molecule is C#CCOC(N)=O. The fourth-order valence-electron chi connectivity index (χ4n) is 0.113. The van der Waals surface area contributed by atoms with E-state index in [1.165, 1.54) is 0 Å². The van der Waals surface area contributed by atoms with Crippen molar-refractivity contribution in [3.63, 3.8) is 0 Å². The van der Waals surface area contributed by atoms with Crippen LogP contribution in [0, 0.1) is 12.3 Å². The molecule has 0 aromatic rings. The quantitative estimate of drug-likeness (QED) is 0.459. The molecule has 0 spiro atoms. The van der Waals surface area contributed by atoms with Gasteiger partial charge in [-0.25, -0.2) is 4.79 Å². The Balaban J connectivity index is 3.02. The zero-order valence-corrected chi connectivity index (χ0v) is 3.68. The smallest absolute Gasteiger partial charge is 0.405 e. The maximum atomic E-state index is 9.66. The number of primary amides is 1. The van der Waals surface area contributed by atoms with Crippen molar-refractivity contribution in [3.8, 4) is 12.3 Å². The highest BCUT2D eigenvalue weighted by Crippen LogP contribution is 1.66. The zero-order chi connectivity index (χ0) is 5.70. The van der Waals surface area contributed by atoms with Gasteiger partial charge in [0.1, 0.15) is 0 Å². The van der Waals surface area contributed by atoms with Crippen LogP contribution < -0.4 is 5.73 Å². The van der Waals surface area contributed by atoms with Crippen molar-refractivity contribution in [1.82, 2.24) is 0 Å². The van der Waals surface area contributed by atoms with Gasteiger partial charge in [0.05, 0.1) is 0 Å². The highest BCUT2D eigenvalue weighted by molar-refractivity contribution is 5.64. The first-order valence-electron chi connectivity index (χ1n) is 1.63. The van der Waals surface area contributed by atoms with E-state index in [2.05, 4.69) is 16.4 Å². The predicted octanol–water partition coefficient (Wildman–Crippen LogP) is -0.285. The van der Waals surface area contributed by atoms with E-state index in [9.17, 15) is 4.79 Å². The summed E-state index contributed by atoms with van der Waals surface area (Å²) in [6, 6.07) is 0. The van der Waals surface area contributed by atoms with Gasteiger partial charge in [-0.05, 0) is 0 Å². The average molecular weight is 99.1 g/mol.